The summed E-state index contributed by atoms with van der Waals surface area (Å²) in [7, 11) is 3.39. The van der Waals surface area contributed by atoms with Crippen molar-refractivity contribution in [2.24, 2.45) is 11.1 Å². The molecule has 0 unspecified atom stereocenters. The maximum Gasteiger partial charge on any atom is 0.274 e. The Labute approximate surface area is 149 Å². The van der Waals surface area contributed by atoms with Gasteiger partial charge in [0, 0.05) is 19.8 Å². The van der Waals surface area contributed by atoms with Crippen LogP contribution in [0.15, 0.2) is 36.5 Å². The zero-order valence-electron chi connectivity index (χ0n) is 14.5. The van der Waals surface area contributed by atoms with Crippen LogP contribution in [-0.4, -0.2) is 47.8 Å². The Morgan fingerprint density at radius 2 is 1.92 bits per heavy atom. The van der Waals surface area contributed by atoms with E-state index in [2.05, 4.69) is 5.10 Å². The highest BCUT2D eigenvalue weighted by Gasteiger charge is 2.23. The van der Waals surface area contributed by atoms with Crippen LogP contribution in [0.2, 0.25) is 0 Å². The van der Waals surface area contributed by atoms with E-state index in [0.717, 1.165) is 11.4 Å². The van der Waals surface area contributed by atoms with E-state index >= 15 is 0 Å². The molecule has 1 aromatic carbocycles. The van der Waals surface area contributed by atoms with Gasteiger partial charge in [0.15, 0.2) is 5.69 Å². The average molecular weight is 353 g/mol. The fourth-order valence-corrected chi connectivity index (χ4v) is 2.29. The number of hydrogen-bond donors (Lipinski definition) is 1. The van der Waals surface area contributed by atoms with Crippen LogP contribution in [0.25, 0.3) is 5.69 Å². The van der Waals surface area contributed by atoms with Gasteiger partial charge in [-0.3, -0.25) is 4.79 Å². The summed E-state index contributed by atoms with van der Waals surface area (Å²) >= 11 is 0. The number of hydrogen-bond acceptors (Lipinski definition) is 4. The Bertz CT molecular complexity index is 667. The molecule has 2 N–H and O–H groups in total. The highest BCUT2D eigenvalue weighted by molar-refractivity contribution is 5.92. The Kier molecular flexibility index (Phi) is 6.81. The molecule has 0 radical (unpaired) electrons. The normalized spacial score (nSPS) is 10.9. The van der Waals surface area contributed by atoms with Crippen molar-refractivity contribution >= 4 is 18.3 Å². The number of methoxy groups -OCH3 is 1. The van der Waals surface area contributed by atoms with Crippen LogP contribution in [0.3, 0.4) is 0 Å². The molecule has 0 saturated carbocycles. The van der Waals surface area contributed by atoms with E-state index in [-0.39, 0.29) is 23.7 Å². The third-order valence-electron chi connectivity index (χ3n) is 3.71. The van der Waals surface area contributed by atoms with Gasteiger partial charge in [-0.2, -0.15) is 5.10 Å². The summed E-state index contributed by atoms with van der Waals surface area (Å²) in [5.74, 6) is 0.666. The summed E-state index contributed by atoms with van der Waals surface area (Å²) in [5, 5.41) is 4.37. The van der Waals surface area contributed by atoms with Crippen LogP contribution in [-0.2, 0) is 0 Å². The van der Waals surface area contributed by atoms with Gasteiger partial charge in [-0.1, -0.05) is 13.8 Å². The maximum absolute atomic E-state index is 12.5. The SMILES string of the molecule is COc1ccc(-n2ccc(C(=O)N(C)CC(C)(C)CN)n2)cc1.Cl. The molecule has 6 nitrogen and oxygen atoms in total. The molecular weight excluding hydrogens is 328 g/mol. The third-order valence-corrected chi connectivity index (χ3v) is 3.71. The number of nitrogens with zero attached hydrogens (tertiary/aromatic N) is 3. The van der Waals surface area contributed by atoms with Gasteiger partial charge in [-0.25, -0.2) is 4.68 Å². The molecule has 132 valence electrons. The van der Waals surface area contributed by atoms with Crippen molar-refractivity contribution in [3.05, 3.63) is 42.2 Å². The van der Waals surface area contributed by atoms with E-state index in [0.29, 0.717) is 18.8 Å². The molecule has 1 aromatic heterocycles. The van der Waals surface area contributed by atoms with Gasteiger partial charge in [-0.05, 0) is 42.3 Å². The number of nitrogens with two attached hydrogens (primary N) is 1. The van der Waals surface area contributed by atoms with Crippen LogP contribution >= 0.6 is 12.4 Å². The molecule has 24 heavy (non-hydrogen) atoms. The lowest BCUT2D eigenvalue weighted by molar-refractivity contribution is 0.0734. The molecule has 0 fully saturated rings. The van der Waals surface area contributed by atoms with Gasteiger partial charge in [0.25, 0.3) is 5.91 Å². The van der Waals surface area contributed by atoms with E-state index in [1.165, 1.54) is 0 Å². The Morgan fingerprint density at radius 3 is 2.46 bits per heavy atom. The standard InChI is InChI=1S/C17H24N4O2.ClH/c1-17(2,11-18)12-20(3)16(22)15-9-10-21(19-15)13-5-7-14(23-4)8-6-13;/h5-10H,11-12,18H2,1-4H3;1H. The molecule has 0 atom stereocenters. The molecule has 0 spiro atoms. The number of halogens is 1. The van der Waals surface area contributed by atoms with Crippen molar-refractivity contribution in [3.63, 3.8) is 0 Å². The summed E-state index contributed by atoms with van der Waals surface area (Å²) in [6.07, 6.45) is 1.77. The third kappa shape index (κ3) is 4.72. The first-order valence-corrected chi connectivity index (χ1v) is 7.52. The fraction of sp³-hybridized carbons (Fsp3) is 0.412. The summed E-state index contributed by atoms with van der Waals surface area (Å²) in [5.41, 5.74) is 6.89. The second kappa shape index (κ2) is 8.17. The van der Waals surface area contributed by atoms with Crippen LogP contribution < -0.4 is 10.5 Å². The predicted octanol–water partition coefficient (Wildman–Crippen LogP) is 2.36. The number of amides is 1. The highest BCUT2D eigenvalue weighted by Crippen LogP contribution is 2.17. The summed E-state index contributed by atoms with van der Waals surface area (Å²) in [4.78, 5) is 14.1. The molecule has 0 aliphatic rings. The second-order valence-electron chi connectivity index (χ2n) is 6.37. The lowest BCUT2D eigenvalue weighted by atomic mass is 9.93. The number of benzene rings is 1. The van der Waals surface area contributed by atoms with E-state index < -0.39 is 0 Å². The first-order chi connectivity index (χ1) is 10.9. The van der Waals surface area contributed by atoms with E-state index in [1.807, 2.05) is 38.1 Å². The lowest BCUT2D eigenvalue weighted by Gasteiger charge is -2.28. The molecule has 1 heterocycles. The summed E-state index contributed by atoms with van der Waals surface area (Å²) in [6, 6.07) is 9.21. The van der Waals surface area contributed by atoms with E-state index in [9.17, 15) is 4.79 Å². The predicted molar refractivity (Wildman–Crippen MR) is 97.2 cm³/mol. The molecule has 0 bridgehead atoms. The Morgan fingerprint density at radius 1 is 1.29 bits per heavy atom. The number of carbonyl (C=O) groups excluding carboxylic acids is 1. The first-order valence-electron chi connectivity index (χ1n) is 7.52. The Balaban J connectivity index is 0.00000288. The first kappa shape index (κ1) is 20.0. The lowest BCUT2D eigenvalue weighted by Crippen LogP contribution is -2.39. The minimum Gasteiger partial charge on any atom is -0.497 e. The van der Waals surface area contributed by atoms with Crippen molar-refractivity contribution in [2.45, 2.75) is 13.8 Å². The molecule has 2 aromatic rings. The van der Waals surface area contributed by atoms with Gasteiger partial charge >= 0.3 is 0 Å². The number of ether oxygens (including phenoxy) is 1. The van der Waals surface area contributed by atoms with Crippen LogP contribution in [0.4, 0.5) is 0 Å². The zero-order chi connectivity index (χ0) is 17.0. The molecule has 0 aliphatic heterocycles. The Hall–Kier alpha value is -2.05. The topological polar surface area (TPSA) is 73.4 Å². The van der Waals surface area contributed by atoms with Gasteiger partial charge in [-0.15, -0.1) is 12.4 Å². The minimum absolute atomic E-state index is 0. The molecule has 7 heteroatoms. The second-order valence-corrected chi connectivity index (χ2v) is 6.37. The van der Waals surface area contributed by atoms with Crippen molar-refractivity contribution in [3.8, 4) is 11.4 Å². The van der Waals surface area contributed by atoms with Crippen LogP contribution in [0.5, 0.6) is 5.75 Å². The summed E-state index contributed by atoms with van der Waals surface area (Å²) < 4.78 is 6.81. The summed E-state index contributed by atoms with van der Waals surface area (Å²) in [6.45, 7) is 5.17. The van der Waals surface area contributed by atoms with E-state index in [1.54, 1.807) is 36.0 Å². The number of rotatable bonds is 6. The minimum atomic E-state index is -0.122. The number of aromatic nitrogens is 2. The van der Waals surface area contributed by atoms with Crippen molar-refractivity contribution in [1.82, 2.24) is 14.7 Å². The van der Waals surface area contributed by atoms with Crippen molar-refractivity contribution in [1.29, 1.82) is 0 Å². The highest BCUT2D eigenvalue weighted by atomic mass is 35.5. The molecule has 0 aliphatic carbocycles. The van der Waals surface area contributed by atoms with Gasteiger partial charge in [0.2, 0.25) is 0 Å². The van der Waals surface area contributed by atoms with Crippen molar-refractivity contribution in [2.75, 3.05) is 27.2 Å². The molecular formula is C17H25ClN4O2. The fourth-order valence-electron chi connectivity index (χ4n) is 2.29. The zero-order valence-corrected chi connectivity index (χ0v) is 15.3. The maximum atomic E-state index is 12.5. The van der Waals surface area contributed by atoms with Gasteiger partial charge in [0.1, 0.15) is 5.75 Å². The largest absolute Gasteiger partial charge is 0.497 e. The van der Waals surface area contributed by atoms with Gasteiger partial charge < -0.3 is 15.4 Å². The van der Waals surface area contributed by atoms with Crippen LogP contribution in [0, 0.1) is 5.41 Å². The van der Waals surface area contributed by atoms with Crippen molar-refractivity contribution < 1.29 is 9.53 Å². The average Bonchev–Trinajstić information content (AvgIpc) is 3.03. The van der Waals surface area contributed by atoms with Gasteiger partial charge in [0.05, 0.1) is 12.8 Å². The molecule has 1 amide bonds. The monoisotopic (exact) mass is 352 g/mol. The quantitative estimate of drug-likeness (QED) is 0.866. The smallest absolute Gasteiger partial charge is 0.274 e. The van der Waals surface area contributed by atoms with Crippen LogP contribution in [0.1, 0.15) is 24.3 Å². The number of carbonyl (C=O) groups is 1. The molecule has 0 saturated heterocycles. The molecule has 2 rings (SSSR count). The van der Waals surface area contributed by atoms with E-state index in [4.69, 9.17) is 10.5 Å².